The van der Waals surface area contributed by atoms with Gasteiger partial charge in [0.15, 0.2) is 0 Å². The number of halogens is 2. The standard InChI is InChI=1S/C14H12F2O2/c1-9-13(17)3-2-4-14(9)18-8-10-5-11(15)7-12(16)6-10/h2-7,17H,8H2,1H3. The Hall–Kier alpha value is -2.10. The molecule has 0 aliphatic heterocycles. The van der Waals surface area contributed by atoms with Crippen LogP contribution in [0.1, 0.15) is 11.1 Å². The maximum absolute atomic E-state index is 13.0. The first-order chi connectivity index (χ1) is 8.56. The summed E-state index contributed by atoms with van der Waals surface area (Å²) < 4.78 is 31.3. The normalized spacial score (nSPS) is 10.4. The van der Waals surface area contributed by atoms with Crippen LogP contribution in [0.25, 0.3) is 0 Å². The van der Waals surface area contributed by atoms with Crippen LogP contribution in [0, 0.1) is 18.6 Å². The van der Waals surface area contributed by atoms with E-state index in [1.54, 1.807) is 25.1 Å². The fourth-order valence-electron chi connectivity index (χ4n) is 1.61. The van der Waals surface area contributed by atoms with Crippen LogP contribution in [0.2, 0.25) is 0 Å². The van der Waals surface area contributed by atoms with Crippen LogP contribution >= 0.6 is 0 Å². The third kappa shape index (κ3) is 2.77. The summed E-state index contributed by atoms with van der Waals surface area (Å²) in [5.74, 6) is -0.667. The molecule has 0 heterocycles. The molecular formula is C14H12F2O2. The molecule has 0 unspecified atom stereocenters. The Morgan fingerprint density at radius 3 is 2.44 bits per heavy atom. The lowest BCUT2D eigenvalue weighted by atomic mass is 10.2. The van der Waals surface area contributed by atoms with E-state index in [1.807, 2.05) is 0 Å². The van der Waals surface area contributed by atoms with Gasteiger partial charge in [-0.25, -0.2) is 8.78 Å². The summed E-state index contributed by atoms with van der Waals surface area (Å²) in [7, 11) is 0. The van der Waals surface area contributed by atoms with E-state index < -0.39 is 11.6 Å². The molecule has 0 amide bonds. The number of ether oxygens (including phenoxy) is 1. The molecule has 94 valence electrons. The Labute approximate surface area is 103 Å². The second-order valence-corrected chi connectivity index (χ2v) is 3.97. The fourth-order valence-corrected chi connectivity index (χ4v) is 1.61. The zero-order chi connectivity index (χ0) is 13.1. The predicted molar refractivity (Wildman–Crippen MR) is 63.5 cm³/mol. The van der Waals surface area contributed by atoms with Gasteiger partial charge in [-0.2, -0.15) is 0 Å². The Kier molecular flexibility index (Phi) is 3.46. The lowest BCUT2D eigenvalue weighted by Gasteiger charge is -2.10. The van der Waals surface area contributed by atoms with E-state index in [0.717, 1.165) is 6.07 Å². The maximum Gasteiger partial charge on any atom is 0.126 e. The molecule has 0 aliphatic carbocycles. The highest BCUT2D eigenvalue weighted by molar-refractivity contribution is 5.42. The quantitative estimate of drug-likeness (QED) is 0.902. The van der Waals surface area contributed by atoms with Gasteiger partial charge in [0, 0.05) is 11.6 Å². The van der Waals surface area contributed by atoms with Crippen LogP contribution in [-0.4, -0.2) is 5.11 Å². The monoisotopic (exact) mass is 250 g/mol. The van der Waals surface area contributed by atoms with Crippen LogP contribution < -0.4 is 4.74 Å². The largest absolute Gasteiger partial charge is 0.508 e. The van der Waals surface area contributed by atoms with Crippen molar-refractivity contribution in [2.75, 3.05) is 0 Å². The number of phenols is 1. The molecule has 0 fully saturated rings. The van der Waals surface area contributed by atoms with Gasteiger partial charge >= 0.3 is 0 Å². The van der Waals surface area contributed by atoms with E-state index in [0.29, 0.717) is 16.9 Å². The van der Waals surface area contributed by atoms with Gasteiger partial charge in [0.25, 0.3) is 0 Å². The second-order valence-electron chi connectivity index (χ2n) is 3.97. The highest BCUT2D eigenvalue weighted by Crippen LogP contribution is 2.26. The molecule has 0 atom stereocenters. The number of rotatable bonds is 3. The van der Waals surface area contributed by atoms with Crippen LogP contribution in [0.5, 0.6) is 11.5 Å². The average Bonchev–Trinajstić information content (AvgIpc) is 2.30. The molecule has 0 saturated carbocycles. The smallest absolute Gasteiger partial charge is 0.126 e. The Balaban J connectivity index is 2.14. The number of aromatic hydroxyl groups is 1. The molecule has 2 aromatic carbocycles. The molecule has 4 heteroatoms. The van der Waals surface area contributed by atoms with Gasteiger partial charge in [0.1, 0.15) is 29.7 Å². The Bertz CT molecular complexity index is 547. The van der Waals surface area contributed by atoms with Crippen molar-refractivity contribution in [2.45, 2.75) is 13.5 Å². The fraction of sp³-hybridized carbons (Fsp3) is 0.143. The van der Waals surface area contributed by atoms with Gasteiger partial charge < -0.3 is 9.84 Å². The molecule has 2 aromatic rings. The summed E-state index contributed by atoms with van der Waals surface area (Å²) in [5, 5.41) is 9.49. The lowest BCUT2D eigenvalue weighted by Crippen LogP contribution is -1.98. The van der Waals surface area contributed by atoms with Crippen LogP contribution in [0.15, 0.2) is 36.4 Å². The summed E-state index contributed by atoms with van der Waals surface area (Å²) in [6.45, 7) is 1.75. The Morgan fingerprint density at radius 1 is 1.11 bits per heavy atom. The summed E-state index contributed by atoms with van der Waals surface area (Å²) in [6.07, 6.45) is 0. The molecule has 0 bridgehead atoms. The summed E-state index contributed by atoms with van der Waals surface area (Å²) in [4.78, 5) is 0. The Morgan fingerprint density at radius 2 is 1.78 bits per heavy atom. The average molecular weight is 250 g/mol. The van der Waals surface area contributed by atoms with E-state index in [1.165, 1.54) is 12.1 Å². The third-order valence-corrected chi connectivity index (χ3v) is 2.57. The lowest BCUT2D eigenvalue weighted by molar-refractivity contribution is 0.300. The molecule has 0 aromatic heterocycles. The summed E-state index contributed by atoms with van der Waals surface area (Å²) in [6, 6.07) is 8.10. The van der Waals surface area contributed by atoms with Gasteiger partial charge in [-0.3, -0.25) is 0 Å². The molecule has 1 N–H and O–H groups in total. The molecule has 18 heavy (non-hydrogen) atoms. The van der Waals surface area contributed by atoms with Crippen LogP contribution in [-0.2, 0) is 6.61 Å². The number of phenolic OH excluding ortho intramolecular Hbond substituents is 1. The van der Waals surface area contributed by atoms with Gasteiger partial charge in [0.05, 0.1) is 0 Å². The minimum absolute atomic E-state index is 0.0406. The number of hydrogen-bond acceptors (Lipinski definition) is 2. The van der Waals surface area contributed by atoms with Gasteiger partial charge in [0.2, 0.25) is 0 Å². The molecule has 2 rings (SSSR count). The summed E-state index contributed by atoms with van der Waals surface area (Å²) in [5.41, 5.74) is 0.990. The predicted octanol–water partition coefficient (Wildman–Crippen LogP) is 3.56. The minimum Gasteiger partial charge on any atom is -0.508 e. The third-order valence-electron chi connectivity index (χ3n) is 2.57. The zero-order valence-electron chi connectivity index (χ0n) is 9.78. The number of benzene rings is 2. The van der Waals surface area contributed by atoms with Crippen molar-refractivity contribution in [1.82, 2.24) is 0 Å². The highest BCUT2D eigenvalue weighted by atomic mass is 19.1. The molecule has 0 radical (unpaired) electrons. The summed E-state index contributed by atoms with van der Waals surface area (Å²) >= 11 is 0. The van der Waals surface area contributed by atoms with E-state index in [4.69, 9.17) is 4.74 Å². The zero-order valence-corrected chi connectivity index (χ0v) is 9.78. The van der Waals surface area contributed by atoms with Crippen molar-refractivity contribution in [1.29, 1.82) is 0 Å². The van der Waals surface area contributed by atoms with Crippen molar-refractivity contribution in [2.24, 2.45) is 0 Å². The van der Waals surface area contributed by atoms with Crippen molar-refractivity contribution >= 4 is 0 Å². The molecule has 0 saturated heterocycles. The minimum atomic E-state index is -0.638. The number of hydrogen-bond donors (Lipinski definition) is 1. The van der Waals surface area contributed by atoms with Gasteiger partial charge in [-0.15, -0.1) is 0 Å². The molecule has 2 nitrogen and oxygen atoms in total. The molecular weight excluding hydrogens is 238 g/mol. The van der Waals surface area contributed by atoms with E-state index >= 15 is 0 Å². The second kappa shape index (κ2) is 5.04. The molecule has 0 aliphatic rings. The first-order valence-electron chi connectivity index (χ1n) is 5.42. The van der Waals surface area contributed by atoms with Gasteiger partial charge in [-0.1, -0.05) is 6.07 Å². The van der Waals surface area contributed by atoms with Gasteiger partial charge in [-0.05, 0) is 36.8 Å². The first kappa shape index (κ1) is 12.4. The highest BCUT2D eigenvalue weighted by Gasteiger charge is 2.05. The van der Waals surface area contributed by atoms with Crippen molar-refractivity contribution in [3.63, 3.8) is 0 Å². The van der Waals surface area contributed by atoms with E-state index in [9.17, 15) is 13.9 Å². The maximum atomic E-state index is 13.0. The van der Waals surface area contributed by atoms with Crippen molar-refractivity contribution in [3.05, 3.63) is 59.2 Å². The van der Waals surface area contributed by atoms with E-state index in [-0.39, 0.29) is 12.4 Å². The van der Waals surface area contributed by atoms with Crippen molar-refractivity contribution in [3.8, 4) is 11.5 Å². The van der Waals surface area contributed by atoms with Crippen molar-refractivity contribution < 1.29 is 18.6 Å². The van der Waals surface area contributed by atoms with Crippen LogP contribution in [0.4, 0.5) is 8.78 Å². The molecule has 0 spiro atoms. The van der Waals surface area contributed by atoms with Crippen LogP contribution in [0.3, 0.4) is 0 Å². The SMILES string of the molecule is Cc1c(O)cccc1OCc1cc(F)cc(F)c1. The van der Waals surface area contributed by atoms with E-state index in [2.05, 4.69) is 0 Å². The first-order valence-corrected chi connectivity index (χ1v) is 5.42. The topological polar surface area (TPSA) is 29.5 Å².